The van der Waals surface area contributed by atoms with Crippen LogP contribution >= 0.6 is 0 Å². The molecule has 22 heavy (non-hydrogen) atoms. The molecule has 0 saturated heterocycles. The first-order valence-electron chi connectivity index (χ1n) is 6.90. The number of rotatable bonds is 1. The molecule has 0 fully saturated rings. The van der Waals surface area contributed by atoms with Gasteiger partial charge in [-0.05, 0) is 0 Å². The zero-order valence-corrected chi connectivity index (χ0v) is 15.8. The zero-order valence-electron chi connectivity index (χ0n) is 13.4. The average molecular weight is 364 g/mol. The van der Waals surface area contributed by atoms with Gasteiger partial charge in [-0.2, -0.15) is 48.8 Å². The predicted molar refractivity (Wildman–Crippen MR) is 91.1 cm³/mol. The summed E-state index contributed by atoms with van der Waals surface area (Å²) in [6, 6.07) is 9.40. The molecule has 3 rings (SSSR count). The molecule has 0 unspecified atom stereocenters. The van der Waals surface area contributed by atoms with Crippen LogP contribution in [0, 0.1) is 31.9 Å². The van der Waals surface area contributed by atoms with Gasteiger partial charge >= 0.3 is 26.2 Å². The SMILES string of the molecule is C[C-]=C(C)c1[c-]c(C)ccc1.[C-]1C=CC=C1.[C-]1C=CC=C1.[Zr+4]. The third-order valence-electron chi connectivity index (χ3n) is 2.71. The molecule has 0 atom stereocenters. The van der Waals surface area contributed by atoms with Crippen molar-refractivity contribution in [2.45, 2.75) is 20.8 Å². The van der Waals surface area contributed by atoms with E-state index < -0.39 is 0 Å². The maximum atomic E-state index is 3.26. The summed E-state index contributed by atoms with van der Waals surface area (Å²) in [5.74, 6) is 0. The van der Waals surface area contributed by atoms with E-state index >= 15 is 0 Å². The zero-order chi connectivity index (χ0) is 15.3. The van der Waals surface area contributed by atoms with Crippen LogP contribution in [0.5, 0.6) is 0 Å². The van der Waals surface area contributed by atoms with E-state index in [2.05, 4.69) is 31.1 Å². The van der Waals surface area contributed by atoms with Crippen LogP contribution in [0.15, 0.2) is 66.8 Å². The summed E-state index contributed by atoms with van der Waals surface area (Å²) in [5, 5.41) is 0. The van der Waals surface area contributed by atoms with Crippen molar-refractivity contribution in [2.24, 2.45) is 0 Å². The number of hydrogen-bond acceptors (Lipinski definition) is 0. The maximum absolute atomic E-state index is 3.26. The molecule has 2 radical (unpaired) electrons. The Labute approximate surface area is 155 Å². The second-order valence-electron chi connectivity index (χ2n) is 4.39. The second-order valence-corrected chi connectivity index (χ2v) is 4.39. The van der Waals surface area contributed by atoms with Gasteiger partial charge < -0.3 is 17.2 Å². The molecule has 0 aromatic heterocycles. The smallest absolute Gasteiger partial charge is 0.327 e. The van der Waals surface area contributed by atoms with E-state index in [1.807, 2.05) is 81.5 Å². The third kappa shape index (κ3) is 9.47. The first kappa shape index (κ1) is 20.5. The van der Waals surface area contributed by atoms with Gasteiger partial charge in [0.25, 0.3) is 0 Å². The number of hydrogen-bond donors (Lipinski definition) is 0. The van der Waals surface area contributed by atoms with E-state index in [0.29, 0.717) is 0 Å². The summed E-state index contributed by atoms with van der Waals surface area (Å²) in [7, 11) is 0. The van der Waals surface area contributed by atoms with Crippen LogP contribution in [0.4, 0.5) is 0 Å². The van der Waals surface area contributed by atoms with E-state index in [9.17, 15) is 0 Å². The van der Waals surface area contributed by atoms with Crippen LogP contribution in [0.1, 0.15) is 25.0 Å². The molecular weight excluding hydrogens is 343 g/mol. The fraction of sp³-hybridized carbons (Fsp3) is 0.143. The summed E-state index contributed by atoms with van der Waals surface area (Å²) >= 11 is 0. The molecule has 0 aliphatic heterocycles. The van der Waals surface area contributed by atoms with Crippen molar-refractivity contribution in [1.82, 2.24) is 0 Å². The fourth-order valence-corrected chi connectivity index (χ4v) is 1.49. The van der Waals surface area contributed by atoms with E-state index in [1.54, 1.807) is 0 Å². The van der Waals surface area contributed by atoms with Crippen molar-refractivity contribution in [3.8, 4) is 0 Å². The van der Waals surface area contributed by atoms with Crippen molar-refractivity contribution in [2.75, 3.05) is 0 Å². The Morgan fingerprint density at radius 2 is 1.41 bits per heavy atom. The van der Waals surface area contributed by atoms with Crippen LogP contribution in [-0.2, 0) is 26.2 Å². The summed E-state index contributed by atoms with van der Waals surface area (Å²) in [5.41, 5.74) is 3.48. The Balaban J connectivity index is 0.000000334. The molecule has 0 spiro atoms. The minimum atomic E-state index is 0. The second kappa shape index (κ2) is 13.2. The van der Waals surface area contributed by atoms with Gasteiger partial charge in [0.05, 0.1) is 0 Å². The first-order valence-corrected chi connectivity index (χ1v) is 6.90. The number of benzene rings is 1. The van der Waals surface area contributed by atoms with Crippen molar-refractivity contribution in [3.05, 3.63) is 103 Å². The van der Waals surface area contributed by atoms with E-state index in [-0.39, 0.29) is 26.2 Å². The molecule has 2 aliphatic carbocycles. The quantitative estimate of drug-likeness (QED) is 0.586. The molecule has 0 amide bonds. The molecule has 0 N–H and O–H groups in total. The summed E-state index contributed by atoms with van der Waals surface area (Å²) in [6.07, 6.45) is 24.1. The average Bonchev–Trinajstić information content (AvgIpc) is 3.23. The Hall–Kier alpha value is -1.46. The molecule has 108 valence electrons. The topological polar surface area (TPSA) is 0 Å². The molecule has 1 aromatic rings. The summed E-state index contributed by atoms with van der Waals surface area (Å²) < 4.78 is 0. The Morgan fingerprint density at radius 3 is 1.73 bits per heavy atom. The van der Waals surface area contributed by atoms with Gasteiger partial charge in [-0.1, -0.05) is 6.92 Å². The molecular formula is C21H20Zr. The van der Waals surface area contributed by atoms with Crippen molar-refractivity contribution in [3.63, 3.8) is 0 Å². The summed E-state index contributed by atoms with van der Waals surface area (Å²) in [4.78, 5) is 0. The monoisotopic (exact) mass is 362 g/mol. The first-order chi connectivity index (χ1) is 10.2. The molecule has 1 heteroatoms. The van der Waals surface area contributed by atoms with E-state index in [4.69, 9.17) is 0 Å². The number of aryl methyl sites for hydroxylation is 1. The third-order valence-corrected chi connectivity index (χ3v) is 2.71. The molecule has 0 nitrogen and oxygen atoms in total. The van der Waals surface area contributed by atoms with Gasteiger partial charge in [0.2, 0.25) is 0 Å². The molecule has 0 heterocycles. The normalized spacial score (nSPS) is 13.1. The largest absolute Gasteiger partial charge is 4.00 e. The van der Waals surface area contributed by atoms with Gasteiger partial charge in [-0.25, -0.2) is 36.4 Å². The molecule has 1 aromatic carbocycles. The van der Waals surface area contributed by atoms with Crippen LogP contribution < -0.4 is 0 Å². The Bertz CT molecular complexity index is 515. The Morgan fingerprint density at radius 1 is 0.909 bits per heavy atom. The number of allylic oxidation sites excluding steroid dienone is 10. The van der Waals surface area contributed by atoms with Gasteiger partial charge in [0, 0.05) is 0 Å². The van der Waals surface area contributed by atoms with Crippen molar-refractivity contribution >= 4 is 5.57 Å². The van der Waals surface area contributed by atoms with Gasteiger partial charge in [0.1, 0.15) is 0 Å². The van der Waals surface area contributed by atoms with Crippen LogP contribution in [0.2, 0.25) is 0 Å². The van der Waals surface area contributed by atoms with Gasteiger partial charge in [-0.3, -0.25) is 0 Å². The minimum Gasteiger partial charge on any atom is -0.327 e. The predicted octanol–water partition coefficient (Wildman–Crippen LogP) is 5.41. The van der Waals surface area contributed by atoms with Crippen molar-refractivity contribution in [1.29, 1.82) is 0 Å². The molecule has 0 bridgehead atoms. The van der Waals surface area contributed by atoms with Gasteiger partial charge in [-0.15, -0.1) is 19.9 Å². The van der Waals surface area contributed by atoms with Crippen LogP contribution in [0.25, 0.3) is 5.57 Å². The maximum Gasteiger partial charge on any atom is 4.00 e. The van der Waals surface area contributed by atoms with E-state index in [0.717, 1.165) is 11.1 Å². The summed E-state index contributed by atoms with van der Waals surface area (Å²) in [6.45, 7) is 6.02. The standard InChI is InChI=1S/C11H12.2C5H4.Zr/c1-4-10(3)11-7-5-6-9(2)8-11;2*1-2-4-5-3-1;/h5-7H,1-3H3;2*1-4H;/q-2;2*-1;+4. The van der Waals surface area contributed by atoms with Crippen LogP contribution in [-0.4, -0.2) is 0 Å². The molecule has 2 aliphatic rings. The van der Waals surface area contributed by atoms with Crippen molar-refractivity contribution < 1.29 is 26.2 Å². The fourth-order valence-electron chi connectivity index (χ4n) is 1.49. The Kier molecular flexibility index (Phi) is 12.3. The van der Waals surface area contributed by atoms with Crippen LogP contribution in [0.3, 0.4) is 0 Å². The minimum absolute atomic E-state index is 0. The van der Waals surface area contributed by atoms with Gasteiger partial charge in [0.15, 0.2) is 0 Å². The van der Waals surface area contributed by atoms with E-state index in [1.165, 1.54) is 5.56 Å². The molecule has 0 saturated carbocycles.